The Morgan fingerprint density at radius 1 is 0.941 bits per heavy atom. The molecule has 3 heterocycles. The lowest BCUT2D eigenvalue weighted by molar-refractivity contribution is 0.0972. The van der Waals surface area contributed by atoms with Crippen molar-refractivity contribution in [3.05, 3.63) is 59.8 Å². The van der Waals surface area contributed by atoms with E-state index in [9.17, 15) is 4.79 Å². The first-order chi connectivity index (χ1) is 16.5. The van der Waals surface area contributed by atoms with Crippen LogP contribution in [-0.4, -0.2) is 54.9 Å². The van der Waals surface area contributed by atoms with Crippen molar-refractivity contribution in [3.63, 3.8) is 0 Å². The molecule has 1 aromatic heterocycles. The number of hydrogen-bond donors (Lipinski definition) is 0. The molecule has 0 fully saturated rings. The van der Waals surface area contributed by atoms with Crippen molar-refractivity contribution in [2.75, 3.05) is 36.5 Å². The molecule has 0 spiro atoms. The summed E-state index contributed by atoms with van der Waals surface area (Å²) in [5, 5.41) is 4.70. The molecule has 0 unspecified atom stereocenters. The van der Waals surface area contributed by atoms with E-state index in [4.69, 9.17) is 14.6 Å². The first kappa shape index (κ1) is 22.0. The van der Waals surface area contributed by atoms with Crippen LogP contribution in [0.15, 0.2) is 53.5 Å². The number of carbonyl (C=O) groups excluding carboxylic acids is 1. The van der Waals surface area contributed by atoms with Crippen LogP contribution in [0.1, 0.15) is 36.3 Å². The second-order valence-corrected chi connectivity index (χ2v) is 8.70. The second kappa shape index (κ2) is 9.21. The van der Waals surface area contributed by atoms with Crippen LogP contribution in [0.25, 0.3) is 5.69 Å². The molecule has 0 saturated carbocycles. The van der Waals surface area contributed by atoms with Crippen LogP contribution in [-0.2, 0) is 6.42 Å². The van der Waals surface area contributed by atoms with Crippen LogP contribution in [0.3, 0.4) is 0 Å². The lowest BCUT2D eigenvalue weighted by Gasteiger charge is -2.28. The predicted molar refractivity (Wildman–Crippen MR) is 133 cm³/mol. The van der Waals surface area contributed by atoms with Gasteiger partial charge in [0.2, 0.25) is 5.88 Å². The maximum atomic E-state index is 13.8. The molecule has 0 N–H and O–H groups in total. The third-order valence-electron chi connectivity index (χ3n) is 6.04. The molecule has 2 aliphatic rings. The molecule has 3 aromatic rings. The molecule has 34 heavy (non-hydrogen) atoms. The topological polar surface area (TPSA) is 72.2 Å². The summed E-state index contributed by atoms with van der Waals surface area (Å²) in [6.45, 7) is 6.33. The summed E-state index contributed by atoms with van der Waals surface area (Å²) in [5.41, 5.74) is 4.12. The monoisotopic (exact) mass is 459 g/mol. The molecule has 0 atom stereocenters. The zero-order chi connectivity index (χ0) is 23.7. The van der Waals surface area contributed by atoms with Gasteiger partial charge in [-0.05, 0) is 75.2 Å². The van der Waals surface area contributed by atoms with E-state index in [2.05, 4.69) is 9.89 Å². The van der Waals surface area contributed by atoms with E-state index in [0.29, 0.717) is 24.5 Å². The number of methoxy groups -OCH3 is 1. The number of amides is 1. The second-order valence-electron chi connectivity index (χ2n) is 8.70. The zero-order valence-electron chi connectivity index (χ0n) is 19.8. The van der Waals surface area contributed by atoms with Crippen molar-refractivity contribution in [1.82, 2.24) is 9.78 Å². The van der Waals surface area contributed by atoms with Gasteiger partial charge >= 0.3 is 0 Å². The summed E-state index contributed by atoms with van der Waals surface area (Å²) < 4.78 is 13.0. The largest absolute Gasteiger partial charge is 0.497 e. The van der Waals surface area contributed by atoms with E-state index in [1.807, 2.05) is 73.6 Å². The number of nitrogens with zero attached hydrogens (tertiary/aromatic N) is 5. The van der Waals surface area contributed by atoms with Crippen molar-refractivity contribution in [2.45, 2.75) is 32.8 Å². The van der Waals surface area contributed by atoms with Gasteiger partial charge in [-0.3, -0.25) is 9.79 Å². The molecule has 8 nitrogen and oxygen atoms in total. The SMILES string of the molecule is COc1ccc(-n2nc(OC(C)C)c3c2C(=O)N(c2ccc(N4C=NCCC4)cc2)CC3)cc1. The van der Waals surface area contributed by atoms with Crippen molar-refractivity contribution in [3.8, 4) is 17.3 Å². The summed E-state index contributed by atoms with van der Waals surface area (Å²) in [4.78, 5) is 22.1. The average molecular weight is 460 g/mol. The first-order valence-corrected chi connectivity index (χ1v) is 11.7. The maximum Gasteiger partial charge on any atom is 0.277 e. The van der Waals surface area contributed by atoms with Gasteiger partial charge in [0, 0.05) is 36.6 Å². The quantitative estimate of drug-likeness (QED) is 0.555. The highest BCUT2D eigenvalue weighted by Crippen LogP contribution is 2.33. The van der Waals surface area contributed by atoms with Crippen LogP contribution in [0.5, 0.6) is 11.6 Å². The normalized spacial score (nSPS) is 15.6. The van der Waals surface area contributed by atoms with Crippen molar-refractivity contribution in [2.24, 2.45) is 4.99 Å². The molecule has 0 bridgehead atoms. The molecule has 5 rings (SSSR count). The highest BCUT2D eigenvalue weighted by molar-refractivity contribution is 6.08. The Morgan fingerprint density at radius 2 is 1.65 bits per heavy atom. The predicted octanol–water partition coefficient (Wildman–Crippen LogP) is 4.11. The molecular formula is C26H29N5O3. The van der Waals surface area contributed by atoms with E-state index >= 15 is 0 Å². The van der Waals surface area contributed by atoms with Crippen LogP contribution in [0, 0.1) is 0 Å². The van der Waals surface area contributed by atoms with Crippen LogP contribution >= 0.6 is 0 Å². The van der Waals surface area contributed by atoms with Gasteiger partial charge < -0.3 is 19.3 Å². The number of anilines is 2. The average Bonchev–Trinajstić information content (AvgIpc) is 3.23. The fourth-order valence-corrected chi connectivity index (χ4v) is 4.37. The lowest BCUT2D eigenvalue weighted by Crippen LogP contribution is -2.38. The number of hydrogen-bond acceptors (Lipinski definition) is 6. The van der Waals surface area contributed by atoms with Gasteiger partial charge in [-0.2, -0.15) is 0 Å². The third kappa shape index (κ3) is 4.11. The number of aromatic nitrogens is 2. The van der Waals surface area contributed by atoms with Gasteiger partial charge in [0.15, 0.2) is 0 Å². The standard InChI is InChI=1S/C26H29N5O3/c1-18(2)34-25-23-13-16-30(20-7-5-19(6-8-20)29-15-4-14-27-17-29)26(32)24(23)31(28-25)21-9-11-22(33-3)12-10-21/h5-12,17-18H,4,13-16H2,1-3H3. The van der Waals surface area contributed by atoms with Crippen LogP contribution < -0.4 is 19.3 Å². The van der Waals surface area contributed by atoms with Gasteiger partial charge in [0.1, 0.15) is 11.4 Å². The number of fused-ring (bicyclic) bond motifs is 1. The molecular weight excluding hydrogens is 430 g/mol. The number of carbonyl (C=O) groups is 1. The molecule has 2 aromatic carbocycles. The maximum absolute atomic E-state index is 13.8. The molecule has 2 aliphatic heterocycles. The summed E-state index contributed by atoms with van der Waals surface area (Å²) >= 11 is 0. The number of aliphatic imine (C=N–C) groups is 1. The first-order valence-electron chi connectivity index (χ1n) is 11.7. The minimum atomic E-state index is -0.0875. The molecule has 176 valence electrons. The van der Waals surface area contributed by atoms with Crippen molar-refractivity contribution in [1.29, 1.82) is 0 Å². The Hall–Kier alpha value is -3.81. The summed E-state index contributed by atoms with van der Waals surface area (Å²) in [6, 6.07) is 15.6. The third-order valence-corrected chi connectivity index (χ3v) is 6.04. The summed E-state index contributed by atoms with van der Waals surface area (Å²) in [5.74, 6) is 1.18. The Balaban J connectivity index is 1.49. The van der Waals surface area contributed by atoms with Gasteiger partial charge in [-0.25, -0.2) is 4.68 Å². The number of ether oxygens (including phenoxy) is 2. The summed E-state index contributed by atoms with van der Waals surface area (Å²) in [7, 11) is 1.63. The fraction of sp³-hybridized carbons (Fsp3) is 0.346. The lowest BCUT2D eigenvalue weighted by atomic mass is 10.0. The van der Waals surface area contributed by atoms with Gasteiger partial charge in [-0.15, -0.1) is 5.10 Å². The minimum absolute atomic E-state index is 0.0395. The summed E-state index contributed by atoms with van der Waals surface area (Å²) in [6.07, 6.45) is 3.56. The Bertz CT molecular complexity index is 1200. The van der Waals surface area contributed by atoms with E-state index in [0.717, 1.165) is 47.9 Å². The van der Waals surface area contributed by atoms with Crippen LogP contribution in [0.2, 0.25) is 0 Å². The van der Waals surface area contributed by atoms with E-state index in [1.165, 1.54) is 0 Å². The number of benzene rings is 2. The molecule has 0 aliphatic carbocycles. The molecule has 0 saturated heterocycles. The van der Waals surface area contributed by atoms with Crippen LogP contribution in [0.4, 0.5) is 11.4 Å². The van der Waals surface area contributed by atoms with E-state index < -0.39 is 0 Å². The smallest absolute Gasteiger partial charge is 0.277 e. The number of rotatable bonds is 6. The highest BCUT2D eigenvalue weighted by Gasteiger charge is 2.34. The Labute approximate surface area is 199 Å². The van der Waals surface area contributed by atoms with Gasteiger partial charge in [0.25, 0.3) is 5.91 Å². The van der Waals surface area contributed by atoms with Crippen molar-refractivity contribution >= 4 is 23.6 Å². The Kier molecular flexibility index (Phi) is 5.96. The molecule has 8 heteroatoms. The van der Waals surface area contributed by atoms with Crippen molar-refractivity contribution < 1.29 is 14.3 Å². The van der Waals surface area contributed by atoms with E-state index in [-0.39, 0.29) is 12.0 Å². The molecule has 0 radical (unpaired) electrons. The fourth-order valence-electron chi connectivity index (χ4n) is 4.37. The van der Waals surface area contributed by atoms with Gasteiger partial charge in [0.05, 0.1) is 25.2 Å². The Morgan fingerprint density at radius 3 is 2.29 bits per heavy atom. The zero-order valence-corrected chi connectivity index (χ0v) is 19.8. The molecule has 1 amide bonds. The minimum Gasteiger partial charge on any atom is -0.497 e. The van der Waals surface area contributed by atoms with E-state index in [1.54, 1.807) is 11.8 Å². The highest BCUT2D eigenvalue weighted by atomic mass is 16.5. The van der Waals surface area contributed by atoms with Gasteiger partial charge in [-0.1, -0.05) is 0 Å².